The van der Waals surface area contributed by atoms with Crippen molar-refractivity contribution in [1.29, 1.82) is 0 Å². The highest BCUT2D eigenvalue weighted by Gasteiger charge is 2.26. The summed E-state index contributed by atoms with van der Waals surface area (Å²) in [5.74, 6) is 0. The molecule has 1 heteroatoms. The van der Waals surface area contributed by atoms with Crippen molar-refractivity contribution in [2.24, 2.45) is 0 Å². The van der Waals surface area contributed by atoms with Crippen LogP contribution in [0.3, 0.4) is 0 Å². The Hall–Kier alpha value is -1.08. The number of hydrogen-bond acceptors (Lipinski definition) is 1. The standard InChI is InChI=1S/C15H16S/c1-8-5-6-9(2)14-12(8)7-13-15(14)10(3)11(4)16-13/h5-6H,7H2,1-4H3. The molecule has 0 nitrogen and oxygen atoms in total. The Balaban J connectivity index is 2.39. The third-order valence-corrected chi connectivity index (χ3v) is 5.01. The van der Waals surface area contributed by atoms with Crippen LogP contribution in [0.5, 0.6) is 0 Å². The molecule has 82 valence electrons. The van der Waals surface area contributed by atoms with E-state index >= 15 is 0 Å². The van der Waals surface area contributed by atoms with Crippen molar-refractivity contribution in [2.75, 3.05) is 0 Å². The van der Waals surface area contributed by atoms with Crippen LogP contribution in [0, 0.1) is 27.7 Å². The minimum Gasteiger partial charge on any atom is -0.144 e. The third-order valence-electron chi connectivity index (χ3n) is 3.80. The summed E-state index contributed by atoms with van der Waals surface area (Å²) in [6.07, 6.45) is 1.15. The molecule has 0 fully saturated rings. The lowest BCUT2D eigenvalue weighted by Crippen LogP contribution is -1.90. The molecule has 1 aromatic carbocycles. The molecule has 1 heterocycles. The molecule has 16 heavy (non-hydrogen) atoms. The number of thiophene rings is 1. The van der Waals surface area contributed by atoms with Gasteiger partial charge in [0.2, 0.25) is 0 Å². The van der Waals surface area contributed by atoms with Crippen molar-refractivity contribution in [2.45, 2.75) is 34.1 Å². The fraction of sp³-hybridized carbons (Fsp3) is 0.333. The molecular weight excluding hydrogens is 212 g/mol. The number of aryl methyl sites for hydroxylation is 3. The summed E-state index contributed by atoms with van der Waals surface area (Å²) >= 11 is 1.98. The van der Waals surface area contributed by atoms with E-state index in [9.17, 15) is 0 Å². The van der Waals surface area contributed by atoms with Gasteiger partial charge in [0.15, 0.2) is 0 Å². The molecule has 0 saturated carbocycles. The number of benzene rings is 1. The average Bonchev–Trinajstić information content (AvgIpc) is 2.73. The highest BCUT2D eigenvalue weighted by Crippen LogP contribution is 2.46. The lowest BCUT2D eigenvalue weighted by atomic mass is 9.95. The van der Waals surface area contributed by atoms with Gasteiger partial charge < -0.3 is 0 Å². The van der Waals surface area contributed by atoms with Crippen LogP contribution in [0.2, 0.25) is 0 Å². The van der Waals surface area contributed by atoms with E-state index in [1.165, 1.54) is 27.1 Å². The van der Waals surface area contributed by atoms with Crippen LogP contribution >= 0.6 is 11.3 Å². The fourth-order valence-electron chi connectivity index (χ4n) is 2.75. The molecular formula is C15H16S. The molecule has 0 aliphatic heterocycles. The van der Waals surface area contributed by atoms with Gasteiger partial charge in [-0.05, 0) is 61.1 Å². The van der Waals surface area contributed by atoms with Gasteiger partial charge in [0, 0.05) is 16.2 Å². The lowest BCUT2D eigenvalue weighted by molar-refractivity contribution is 1.23. The fourth-order valence-corrected chi connectivity index (χ4v) is 3.95. The van der Waals surface area contributed by atoms with Gasteiger partial charge in [0.1, 0.15) is 0 Å². The number of fused-ring (bicyclic) bond motifs is 3. The predicted octanol–water partition coefficient (Wildman–Crippen LogP) is 4.55. The molecule has 0 atom stereocenters. The van der Waals surface area contributed by atoms with E-state index in [1.54, 1.807) is 16.0 Å². The van der Waals surface area contributed by atoms with Crippen LogP contribution in [-0.2, 0) is 6.42 Å². The van der Waals surface area contributed by atoms with Gasteiger partial charge >= 0.3 is 0 Å². The van der Waals surface area contributed by atoms with E-state index in [-0.39, 0.29) is 0 Å². The Morgan fingerprint density at radius 2 is 1.62 bits per heavy atom. The SMILES string of the molecule is Cc1ccc(C)c2c1Cc1sc(C)c(C)c1-2. The van der Waals surface area contributed by atoms with E-state index in [0.29, 0.717) is 0 Å². The second kappa shape index (κ2) is 3.21. The normalized spacial score (nSPS) is 12.8. The van der Waals surface area contributed by atoms with Gasteiger partial charge in [-0.25, -0.2) is 0 Å². The minimum absolute atomic E-state index is 1.15. The van der Waals surface area contributed by atoms with Gasteiger partial charge in [0.05, 0.1) is 0 Å². The summed E-state index contributed by atoms with van der Waals surface area (Å²) in [5.41, 5.74) is 8.99. The third kappa shape index (κ3) is 1.15. The van der Waals surface area contributed by atoms with Crippen LogP contribution in [0.4, 0.5) is 0 Å². The smallest absolute Gasteiger partial charge is 0.0173 e. The lowest BCUT2D eigenvalue weighted by Gasteiger charge is -2.09. The highest BCUT2D eigenvalue weighted by molar-refractivity contribution is 7.12. The maximum absolute atomic E-state index is 2.27. The maximum atomic E-state index is 2.27. The first-order valence-corrected chi connectivity index (χ1v) is 6.59. The monoisotopic (exact) mass is 228 g/mol. The summed E-state index contributed by atoms with van der Waals surface area (Å²) in [6.45, 7) is 8.97. The molecule has 0 saturated heterocycles. The van der Waals surface area contributed by atoms with Gasteiger partial charge in [-0.1, -0.05) is 12.1 Å². The van der Waals surface area contributed by atoms with Crippen LogP contribution in [0.25, 0.3) is 11.1 Å². The van der Waals surface area contributed by atoms with Crippen LogP contribution in [-0.4, -0.2) is 0 Å². The van der Waals surface area contributed by atoms with Crippen molar-refractivity contribution in [1.82, 2.24) is 0 Å². The maximum Gasteiger partial charge on any atom is 0.0173 e. The second-order valence-electron chi connectivity index (χ2n) is 4.81. The molecule has 1 aliphatic carbocycles. The molecule has 0 spiro atoms. The predicted molar refractivity (Wildman–Crippen MR) is 71.5 cm³/mol. The Bertz CT molecular complexity index is 588. The van der Waals surface area contributed by atoms with Crippen molar-refractivity contribution < 1.29 is 0 Å². The molecule has 0 bridgehead atoms. The summed E-state index contributed by atoms with van der Waals surface area (Å²) in [7, 11) is 0. The Morgan fingerprint density at radius 3 is 2.38 bits per heavy atom. The minimum atomic E-state index is 1.15. The van der Waals surface area contributed by atoms with Gasteiger partial charge in [0.25, 0.3) is 0 Å². The largest absolute Gasteiger partial charge is 0.144 e. The van der Waals surface area contributed by atoms with Gasteiger partial charge in [-0.2, -0.15) is 0 Å². The zero-order valence-electron chi connectivity index (χ0n) is 10.3. The van der Waals surface area contributed by atoms with Crippen molar-refractivity contribution in [3.8, 4) is 11.1 Å². The van der Waals surface area contributed by atoms with Crippen LogP contribution < -0.4 is 0 Å². The average molecular weight is 228 g/mol. The Morgan fingerprint density at radius 1 is 0.938 bits per heavy atom. The first-order chi connectivity index (χ1) is 7.59. The topological polar surface area (TPSA) is 0 Å². The van der Waals surface area contributed by atoms with Crippen molar-refractivity contribution in [3.05, 3.63) is 44.1 Å². The van der Waals surface area contributed by atoms with Crippen molar-refractivity contribution >= 4 is 11.3 Å². The first-order valence-electron chi connectivity index (χ1n) is 5.78. The molecule has 1 aliphatic rings. The number of rotatable bonds is 0. The molecule has 2 aromatic rings. The first kappa shape index (κ1) is 10.1. The summed E-state index contributed by atoms with van der Waals surface area (Å²) in [6, 6.07) is 4.52. The van der Waals surface area contributed by atoms with Crippen LogP contribution in [0.15, 0.2) is 12.1 Å². The molecule has 0 radical (unpaired) electrons. The van der Waals surface area contributed by atoms with E-state index < -0.39 is 0 Å². The molecule has 0 N–H and O–H groups in total. The van der Waals surface area contributed by atoms with Crippen molar-refractivity contribution in [3.63, 3.8) is 0 Å². The quantitative estimate of drug-likeness (QED) is 0.529. The zero-order chi connectivity index (χ0) is 11.4. The van der Waals surface area contributed by atoms with E-state index in [4.69, 9.17) is 0 Å². The summed E-state index contributed by atoms with van der Waals surface area (Å²) in [5, 5.41) is 0. The van der Waals surface area contributed by atoms with E-state index in [1.807, 2.05) is 11.3 Å². The summed E-state index contributed by atoms with van der Waals surface area (Å²) in [4.78, 5) is 3.05. The molecule has 0 unspecified atom stereocenters. The highest BCUT2D eigenvalue weighted by atomic mass is 32.1. The number of hydrogen-bond donors (Lipinski definition) is 0. The van der Waals surface area contributed by atoms with Crippen LogP contribution in [0.1, 0.15) is 32.0 Å². The Labute approximate surface area is 101 Å². The van der Waals surface area contributed by atoms with Gasteiger partial charge in [-0.15, -0.1) is 11.3 Å². The molecule has 3 rings (SSSR count). The molecule has 0 amide bonds. The Kier molecular flexibility index (Phi) is 2.02. The summed E-state index contributed by atoms with van der Waals surface area (Å²) < 4.78 is 0. The van der Waals surface area contributed by atoms with E-state index in [2.05, 4.69) is 39.8 Å². The zero-order valence-corrected chi connectivity index (χ0v) is 11.1. The van der Waals surface area contributed by atoms with Gasteiger partial charge in [-0.3, -0.25) is 0 Å². The van der Waals surface area contributed by atoms with E-state index in [0.717, 1.165) is 6.42 Å². The molecule has 1 aromatic heterocycles. The second-order valence-corrected chi connectivity index (χ2v) is 6.12.